The molecule has 1 aromatic heterocycles. The summed E-state index contributed by atoms with van der Waals surface area (Å²) in [7, 11) is 1.59. The molecule has 0 saturated carbocycles. The van der Waals surface area contributed by atoms with Gasteiger partial charge in [0.25, 0.3) is 5.89 Å². The van der Waals surface area contributed by atoms with E-state index in [-0.39, 0.29) is 12.5 Å². The topological polar surface area (TPSA) is 98.2 Å². The van der Waals surface area contributed by atoms with E-state index in [9.17, 15) is 4.79 Å². The minimum absolute atomic E-state index is 0.125. The summed E-state index contributed by atoms with van der Waals surface area (Å²) in [5.41, 5.74) is 2.10. The number of nitriles is 1. The Hall–Kier alpha value is -3.92. The van der Waals surface area contributed by atoms with Crippen LogP contribution in [-0.2, 0) is 16.1 Å². The number of ether oxygens (including phenoxy) is 2. The van der Waals surface area contributed by atoms with E-state index < -0.39 is 5.97 Å². The van der Waals surface area contributed by atoms with Crippen molar-refractivity contribution in [2.45, 2.75) is 6.61 Å². The van der Waals surface area contributed by atoms with E-state index in [2.05, 4.69) is 10.1 Å². The molecule has 0 amide bonds. The summed E-state index contributed by atoms with van der Waals surface area (Å²) in [6.45, 7) is -0.125. The Morgan fingerprint density at radius 3 is 2.59 bits per heavy atom. The summed E-state index contributed by atoms with van der Waals surface area (Å²) in [4.78, 5) is 16.0. The molecule has 0 radical (unpaired) electrons. The van der Waals surface area contributed by atoms with Crippen molar-refractivity contribution in [3.8, 4) is 23.2 Å². The van der Waals surface area contributed by atoms with Crippen LogP contribution in [0.2, 0.25) is 0 Å². The molecule has 7 heteroatoms. The van der Waals surface area contributed by atoms with Crippen LogP contribution in [0.1, 0.15) is 17.0 Å². The average Bonchev–Trinajstić information content (AvgIpc) is 3.20. The number of carbonyl (C=O) groups excluding carboxylic acids is 1. The summed E-state index contributed by atoms with van der Waals surface area (Å²) < 4.78 is 15.3. The van der Waals surface area contributed by atoms with Crippen molar-refractivity contribution in [3.05, 3.63) is 71.6 Å². The highest BCUT2D eigenvalue weighted by Crippen LogP contribution is 2.19. The van der Waals surface area contributed by atoms with Crippen molar-refractivity contribution in [1.29, 1.82) is 5.26 Å². The molecule has 7 nitrogen and oxygen atoms in total. The first-order chi connectivity index (χ1) is 13.2. The van der Waals surface area contributed by atoms with E-state index >= 15 is 0 Å². The maximum Gasteiger partial charge on any atom is 0.331 e. The largest absolute Gasteiger partial charge is 0.497 e. The van der Waals surface area contributed by atoms with Crippen LogP contribution in [0.25, 0.3) is 17.5 Å². The third-order valence-electron chi connectivity index (χ3n) is 3.61. The molecule has 27 heavy (non-hydrogen) atoms. The van der Waals surface area contributed by atoms with Gasteiger partial charge in [-0.05, 0) is 48.0 Å². The van der Waals surface area contributed by atoms with Crippen molar-refractivity contribution in [1.82, 2.24) is 10.1 Å². The average molecular weight is 361 g/mol. The first kappa shape index (κ1) is 17.9. The number of hydrogen-bond donors (Lipinski definition) is 0. The van der Waals surface area contributed by atoms with Gasteiger partial charge in [-0.2, -0.15) is 10.2 Å². The van der Waals surface area contributed by atoms with E-state index in [0.29, 0.717) is 11.4 Å². The Morgan fingerprint density at radius 2 is 1.93 bits per heavy atom. The Kier molecular flexibility index (Phi) is 5.60. The fraction of sp³-hybridized carbons (Fsp3) is 0.100. The van der Waals surface area contributed by atoms with Crippen molar-refractivity contribution in [2.75, 3.05) is 7.11 Å². The zero-order chi connectivity index (χ0) is 19.1. The second-order valence-corrected chi connectivity index (χ2v) is 5.42. The predicted octanol–water partition coefficient (Wildman–Crippen LogP) is 3.37. The van der Waals surface area contributed by atoms with Crippen LogP contribution in [0, 0.1) is 11.3 Å². The molecule has 0 spiro atoms. The zero-order valence-electron chi connectivity index (χ0n) is 14.5. The summed E-state index contributed by atoms with van der Waals surface area (Å²) in [5, 5.41) is 12.6. The molecular weight excluding hydrogens is 346 g/mol. The van der Waals surface area contributed by atoms with E-state index in [1.807, 2.05) is 6.07 Å². The van der Waals surface area contributed by atoms with E-state index in [1.54, 1.807) is 61.7 Å². The van der Waals surface area contributed by atoms with Gasteiger partial charge in [0.1, 0.15) is 5.75 Å². The lowest BCUT2D eigenvalue weighted by Crippen LogP contribution is -2.00. The summed E-state index contributed by atoms with van der Waals surface area (Å²) in [5.74, 6) is 0.784. The maximum atomic E-state index is 11.8. The zero-order valence-corrected chi connectivity index (χ0v) is 14.5. The number of hydrogen-bond acceptors (Lipinski definition) is 7. The molecular formula is C20H15N3O4. The van der Waals surface area contributed by atoms with Crippen molar-refractivity contribution >= 4 is 12.0 Å². The molecule has 0 aliphatic carbocycles. The Balaban J connectivity index is 1.55. The van der Waals surface area contributed by atoms with Crippen LogP contribution < -0.4 is 4.74 Å². The lowest BCUT2D eigenvalue weighted by Gasteiger charge is -1.99. The third kappa shape index (κ3) is 4.80. The first-order valence-corrected chi connectivity index (χ1v) is 8.00. The van der Waals surface area contributed by atoms with Crippen LogP contribution in [0.15, 0.2) is 59.1 Å². The highest BCUT2D eigenvalue weighted by Gasteiger charge is 2.10. The van der Waals surface area contributed by atoms with Gasteiger partial charge < -0.3 is 14.0 Å². The molecule has 0 fully saturated rings. The molecule has 134 valence electrons. The minimum Gasteiger partial charge on any atom is -0.497 e. The molecule has 0 saturated heterocycles. The summed E-state index contributed by atoms with van der Waals surface area (Å²) >= 11 is 0. The molecule has 0 aliphatic rings. The van der Waals surface area contributed by atoms with Crippen LogP contribution in [0.4, 0.5) is 0 Å². The SMILES string of the molecule is COc1ccc(-c2noc(COC(=O)/C=C/c3ccc(C#N)cc3)n2)cc1. The summed E-state index contributed by atoms with van der Waals surface area (Å²) in [6, 6.07) is 16.0. The van der Waals surface area contributed by atoms with Crippen LogP contribution in [0.3, 0.4) is 0 Å². The molecule has 1 heterocycles. The predicted molar refractivity (Wildman–Crippen MR) is 96.3 cm³/mol. The van der Waals surface area contributed by atoms with Gasteiger partial charge in [0.15, 0.2) is 6.61 Å². The lowest BCUT2D eigenvalue weighted by molar-refractivity contribution is -0.139. The van der Waals surface area contributed by atoms with Crippen molar-refractivity contribution in [2.24, 2.45) is 0 Å². The number of aromatic nitrogens is 2. The van der Waals surface area contributed by atoms with Crippen molar-refractivity contribution in [3.63, 3.8) is 0 Å². The lowest BCUT2D eigenvalue weighted by atomic mass is 10.1. The molecule has 3 aromatic rings. The number of esters is 1. The van der Waals surface area contributed by atoms with Gasteiger partial charge in [-0.1, -0.05) is 17.3 Å². The quantitative estimate of drug-likeness (QED) is 0.490. The van der Waals surface area contributed by atoms with E-state index in [4.69, 9.17) is 19.3 Å². The Bertz CT molecular complexity index is 983. The highest BCUT2D eigenvalue weighted by atomic mass is 16.6. The number of carbonyl (C=O) groups is 1. The van der Waals surface area contributed by atoms with Crippen LogP contribution >= 0.6 is 0 Å². The maximum absolute atomic E-state index is 11.8. The molecule has 0 unspecified atom stereocenters. The Labute approximate surface area is 155 Å². The molecule has 0 aliphatic heterocycles. The van der Waals surface area contributed by atoms with E-state index in [0.717, 1.165) is 16.9 Å². The summed E-state index contributed by atoms with van der Waals surface area (Å²) in [6.07, 6.45) is 2.89. The van der Waals surface area contributed by atoms with Crippen LogP contribution in [0.5, 0.6) is 5.75 Å². The molecule has 0 bridgehead atoms. The number of rotatable bonds is 6. The second kappa shape index (κ2) is 8.45. The normalized spacial score (nSPS) is 10.5. The van der Waals surface area contributed by atoms with Gasteiger partial charge in [-0.3, -0.25) is 0 Å². The van der Waals surface area contributed by atoms with Gasteiger partial charge in [0.05, 0.1) is 18.7 Å². The van der Waals surface area contributed by atoms with E-state index in [1.165, 1.54) is 6.08 Å². The smallest absolute Gasteiger partial charge is 0.331 e. The fourth-order valence-corrected chi connectivity index (χ4v) is 2.18. The van der Waals surface area contributed by atoms with Crippen LogP contribution in [-0.4, -0.2) is 23.2 Å². The number of nitrogens with zero attached hydrogens (tertiary/aromatic N) is 3. The molecule has 0 N–H and O–H groups in total. The minimum atomic E-state index is -0.538. The van der Waals surface area contributed by atoms with Gasteiger partial charge in [0, 0.05) is 11.6 Å². The van der Waals surface area contributed by atoms with Gasteiger partial charge in [-0.15, -0.1) is 0 Å². The molecule has 3 rings (SSSR count). The molecule has 0 atom stereocenters. The standard InChI is InChI=1S/C20H15N3O4/c1-25-17-9-7-16(8-10-17)20-22-18(27-23-20)13-26-19(24)11-6-14-2-4-15(12-21)5-3-14/h2-11H,13H2,1H3/b11-6+. The monoisotopic (exact) mass is 361 g/mol. The van der Waals surface area contributed by atoms with Gasteiger partial charge in [0.2, 0.25) is 5.82 Å². The van der Waals surface area contributed by atoms with Gasteiger partial charge in [-0.25, -0.2) is 4.79 Å². The van der Waals surface area contributed by atoms with Gasteiger partial charge >= 0.3 is 5.97 Å². The Morgan fingerprint density at radius 1 is 1.19 bits per heavy atom. The first-order valence-electron chi connectivity index (χ1n) is 8.00. The number of benzene rings is 2. The highest BCUT2D eigenvalue weighted by molar-refractivity contribution is 5.87. The second-order valence-electron chi connectivity index (χ2n) is 5.42. The fourth-order valence-electron chi connectivity index (χ4n) is 2.18. The number of methoxy groups -OCH3 is 1. The van der Waals surface area contributed by atoms with Crippen molar-refractivity contribution < 1.29 is 18.8 Å². The molecule has 2 aromatic carbocycles. The third-order valence-corrected chi connectivity index (χ3v) is 3.61.